The minimum Gasteiger partial charge on any atom is -0.424 e. The van der Waals surface area contributed by atoms with Crippen LogP contribution in [0.1, 0.15) is 32.6 Å². The first-order valence-corrected chi connectivity index (χ1v) is 10.5. The van der Waals surface area contributed by atoms with Crippen LogP contribution in [-0.2, 0) is 10.2 Å². The molecule has 0 saturated heterocycles. The average Bonchev–Trinajstić information content (AvgIpc) is 3.16. The van der Waals surface area contributed by atoms with Gasteiger partial charge in [0.1, 0.15) is 5.75 Å². The summed E-state index contributed by atoms with van der Waals surface area (Å²) in [6, 6.07) is 34.2. The Bertz CT molecular complexity index is 1420. The Morgan fingerprint density at radius 2 is 1.12 bits per heavy atom. The maximum absolute atomic E-state index is 14.2. The number of carbonyl (C=O) groups excluding carboxylic acids is 2. The van der Waals surface area contributed by atoms with Crippen LogP contribution < -0.4 is 4.74 Å². The van der Waals surface area contributed by atoms with Gasteiger partial charge in [-0.1, -0.05) is 97.1 Å². The zero-order chi connectivity index (χ0) is 21.7. The lowest BCUT2D eigenvalue weighted by Gasteiger charge is -2.34. The molecule has 0 bridgehead atoms. The van der Waals surface area contributed by atoms with Crippen LogP contribution in [0, 0.1) is 0 Å². The van der Waals surface area contributed by atoms with E-state index >= 15 is 0 Å². The van der Waals surface area contributed by atoms with Gasteiger partial charge in [-0.3, -0.25) is 4.79 Å². The number of hydrogen-bond donors (Lipinski definition) is 0. The smallest absolute Gasteiger partial charge is 0.334 e. The van der Waals surface area contributed by atoms with Crippen molar-refractivity contribution in [3.63, 3.8) is 0 Å². The molecule has 0 fully saturated rings. The molecule has 1 heterocycles. The Morgan fingerprint density at radius 3 is 1.84 bits per heavy atom. The highest BCUT2D eigenvalue weighted by Gasteiger charge is 2.60. The number of carbonyl (C=O) groups is 2. The molecule has 6 rings (SSSR count). The Morgan fingerprint density at radius 1 is 0.562 bits per heavy atom. The lowest BCUT2D eigenvalue weighted by Crippen LogP contribution is -2.49. The van der Waals surface area contributed by atoms with Crippen LogP contribution >= 0.6 is 0 Å². The summed E-state index contributed by atoms with van der Waals surface area (Å²) in [5, 5.41) is 0. The fourth-order valence-electron chi connectivity index (χ4n) is 5.02. The number of fused-ring (bicyclic) bond motifs is 3. The number of esters is 1. The van der Waals surface area contributed by atoms with E-state index in [0.29, 0.717) is 22.4 Å². The summed E-state index contributed by atoms with van der Waals surface area (Å²) in [7, 11) is 0. The predicted molar refractivity (Wildman–Crippen MR) is 123 cm³/mol. The fourth-order valence-corrected chi connectivity index (χ4v) is 5.02. The molecular weight excluding hydrogens is 396 g/mol. The monoisotopic (exact) mass is 414 g/mol. The molecule has 1 aliphatic heterocycles. The third-order valence-corrected chi connectivity index (χ3v) is 6.33. The zero-order valence-corrected chi connectivity index (χ0v) is 17.1. The minimum absolute atomic E-state index is 0.249. The van der Waals surface area contributed by atoms with E-state index in [4.69, 9.17) is 4.74 Å². The molecule has 4 aromatic carbocycles. The van der Waals surface area contributed by atoms with E-state index in [1.54, 1.807) is 24.3 Å². The van der Waals surface area contributed by atoms with E-state index < -0.39 is 11.4 Å². The van der Waals surface area contributed by atoms with Gasteiger partial charge in [0.2, 0.25) is 0 Å². The quantitative estimate of drug-likeness (QED) is 0.240. The van der Waals surface area contributed by atoms with Gasteiger partial charge in [-0.05, 0) is 45.5 Å². The van der Waals surface area contributed by atoms with Gasteiger partial charge < -0.3 is 4.74 Å². The first-order valence-electron chi connectivity index (χ1n) is 10.5. The number of rotatable bonds is 2. The topological polar surface area (TPSA) is 43.4 Å². The van der Waals surface area contributed by atoms with E-state index in [9.17, 15) is 9.59 Å². The summed E-state index contributed by atoms with van der Waals surface area (Å²) in [6.45, 7) is 0. The Kier molecular flexibility index (Phi) is 3.99. The summed E-state index contributed by atoms with van der Waals surface area (Å²) < 4.78 is 5.84. The highest BCUT2D eigenvalue weighted by atomic mass is 16.5. The third-order valence-electron chi connectivity index (χ3n) is 6.33. The van der Waals surface area contributed by atoms with Crippen LogP contribution in [0.25, 0.3) is 11.1 Å². The molecule has 0 saturated carbocycles. The van der Waals surface area contributed by atoms with Gasteiger partial charge in [0.05, 0.1) is 5.56 Å². The maximum Gasteiger partial charge on any atom is 0.334 e. The molecule has 3 nitrogen and oxygen atoms in total. The minimum atomic E-state index is -1.56. The molecule has 2 aliphatic rings. The summed E-state index contributed by atoms with van der Waals surface area (Å²) in [5.74, 6) is -0.494. The van der Waals surface area contributed by atoms with Gasteiger partial charge in [-0.2, -0.15) is 0 Å². The molecule has 32 heavy (non-hydrogen) atoms. The number of ketones is 1. The van der Waals surface area contributed by atoms with Crippen molar-refractivity contribution in [2.24, 2.45) is 0 Å². The number of Topliss-reactive ketones (excluding diaryl/α,β-unsaturated/α-hetero) is 1. The Hall–Kier alpha value is -4.24. The van der Waals surface area contributed by atoms with Crippen molar-refractivity contribution in [2.75, 3.05) is 0 Å². The van der Waals surface area contributed by atoms with E-state index in [1.165, 1.54) is 0 Å². The standard InChI is InChI=1S/C29H18O3/c30-27-22-16-8-10-18-24(22)32-28(31)29(27)23-17-9-7-15-21(23)25(19-11-3-1-4-12-19)26(29)20-13-5-2-6-14-20/h1-18H. The van der Waals surface area contributed by atoms with E-state index in [1.807, 2.05) is 84.9 Å². The van der Waals surface area contributed by atoms with Crippen LogP contribution in [0.3, 0.4) is 0 Å². The lowest BCUT2D eigenvalue weighted by atomic mass is 9.68. The van der Waals surface area contributed by atoms with Crippen LogP contribution in [-0.4, -0.2) is 11.8 Å². The number of para-hydroxylation sites is 1. The predicted octanol–water partition coefficient (Wildman–Crippen LogP) is 5.70. The van der Waals surface area contributed by atoms with Crippen LogP contribution in [0.5, 0.6) is 5.75 Å². The fraction of sp³-hybridized carbons (Fsp3) is 0.0345. The van der Waals surface area contributed by atoms with Crippen molar-refractivity contribution >= 4 is 22.9 Å². The molecule has 4 aromatic rings. The summed E-state index contributed by atoms with van der Waals surface area (Å²) in [6.07, 6.45) is 0. The van der Waals surface area contributed by atoms with Crippen molar-refractivity contribution in [2.45, 2.75) is 5.41 Å². The highest BCUT2D eigenvalue weighted by molar-refractivity contribution is 6.34. The molecule has 1 unspecified atom stereocenters. The maximum atomic E-state index is 14.2. The molecule has 0 amide bonds. The molecule has 152 valence electrons. The van der Waals surface area contributed by atoms with Crippen molar-refractivity contribution in [1.82, 2.24) is 0 Å². The molecule has 3 heteroatoms. The third kappa shape index (κ3) is 2.36. The first-order chi connectivity index (χ1) is 15.7. The normalized spacial score (nSPS) is 19.0. The van der Waals surface area contributed by atoms with E-state index in [0.717, 1.165) is 22.3 Å². The van der Waals surface area contributed by atoms with Gasteiger partial charge in [0.15, 0.2) is 11.2 Å². The largest absolute Gasteiger partial charge is 0.424 e. The second-order valence-electron chi connectivity index (χ2n) is 7.99. The van der Waals surface area contributed by atoms with Gasteiger partial charge in [0, 0.05) is 0 Å². The van der Waals surface area contributed by atoms with Gasteiger partial charge in [-0.25, -0.2) is 4.79 Å². The molecule has 1 spiro atoms. The van der Waals surface area contributed by atoms with Gasteiger partial charge >= 0.3 is 5.97 Å². The summed E-state index contributed by atoms with van der Waals surface area (Å²) in [5.41, 5.74) is 3.75. The summed E-state index contributed by atoms with van der Waals surface area (Å²) in [4.78, 5) is 28.1. The number of benzene rings is 4. The molecule has 0 aromatic heterocycles. The van der Waals surface area contributed by atoms with E-state index in [-0.39, 0.29) is 5.78 Å². The molecule has 0 N–H and O–H groups in total. The highest BCUT2D eigenvalue weighted by Crippen LogP contribution is 2.57. The van der Waals surface area contributed by atoms with Crippen molar-refractivity contribution in [1.29, 1.82) is 0 Å². The second kappa shape index (κ2) is 6.89. The first kappa shape index (κ1) is 18.5. The Balaban J connectivity index is 1.78. The molecular formula is C29H18O3. The van der Waals surface area contributed by atoms with Crippen LogP contribution in [0.15, 0.2) is 109 Å². The SMILES string of the molecule is O=C1Oc2ccccc2C(=O)C12C(c1ccccc1)=C(c1ccccc1)c1ccccc12. The molecule has 0 radical (unpaired) electrons. The van der Waals surface area contributed by atoms with Crippen molar-refractivity contribution in [3.05, 3.63) is 137 Å². The van der Waals surface area contributed by atoms with Gasteiger partial charge in [-0.15, -0.1) is 0 Å². The van der Waals surface area contributed by atoms with E-state index in [2.05, 4.69) is 0 Å². The molecule has 1 atom stereocenters. The number of hydrogen-bond acceptors (Lipinski definition) is 3. The average molecular weight is 414 g/mol. The lowest BCUT2D eigenvalue weighted by molar-refractivity contribution is -0.137. The second-order valence-corrected chi connectivity index (χ2v) is 7.99. The van der Waals surface area contributed by atoms with Crippen LogP contribution in [0.2, 0.25) is 0 Å². The van der Waals surface area contributed by atoms with Crippen molar-refractivity contribution in [3.8, 4) is 5.75 Å². The van der Waals surface area contributed by atoms with Gasteiger partial charge in [0.25, 0.3) is 0 Å². The van der Waals surface area contributed by atoms with Crippen LogP contribution in [0.4, 0.5) is 0 Å². The Labute approximate surface area is 185 Å². The van der Waals surface area contributed by atoms with Crippen molar-refractivity contribution < 1.29 is 14.3 Å². The zero-order valence-electron chi connectivity index (χ0n) is 17.1. The molecule has 1 aliphatic carbocycles. The number of ether oxygens (including phenoxy) is 1. The summed E-state index contributed by atoms with van der Waals surface area (Å²) >= 11 is 0.